The van der Waals surface area contributed by atoms with Crippen LogP contribution in [0.15, 0.2) is 0 Å². The van der Waals surface area contributed by atoms with E-state index >= 15 is 0 Å². The molecule has 0 saturated carbocycles. The van der Waals surface area contributed by atoms with Gasteiger partial charge in [0.15, 0.2) is 0 Å². The highest BCUT2D eigenvalue weighted by atomic mass is 16.5. The number of carbonyl (C=O) groups excluding carboxylic acids is 1. The second kappa shape index (κ2) is 7.59. The SMILES string of the molecule is O=C(O)CC1CN(C(=O)CCC2CCCCO2)CCO1. The maximum absolute atomic E-state index is 12.1. The number of carboxylic acids is 1. The van der Waals surface area contributed by atoms with E-state index in [4.69, 9.17) is 14.6 Å². The van der Waals surface area contributed by atoms with Gasteiger partial charge in [0.25, 0.3) is 0 Å². The Hall–Kier alpha value is -1.14. The van der Waals surface area contributed by atoms with Crippen molar-refractivity contribution in [2.24, 2.45) is 0 Å². The fourth-order valence-corrected chi connectivity index (χ4v) is 2.74. The predicted octanol–water partition coefficient (Wildman–Crippen LogP) is 1.04. The van der Waals surface area contributed by atoms with E-state index in [9.17, 15) is 9.59 Å². The van der Waals surface area contributed by atoms with Crippen molar-refractivity contribution in [1.29, 1.82) is 0 Å². The quantitative estimate of drug-likeness (QED) is 0.816. The van der Waals surface area contributed by atoms with Crippen molar-refractivity contribution >= 4 is 11.9 Å². The van der Waals surface area contributed by atoms with Crippen LogP contribution in [0.1, 0.15) is 38.5 Å². The summed E-state index contributed by atoms with van der Waals surface area (Å²) in [5.41, 5.74) is 0. The van der Waals surface area contributed by atoms with Gasteiger partial charge in [-0.1, -0.05) is 0 Å². The van der Waals surface area contributed by atoms with E-state index in [0.717, 1.165) is 25.9 Å². The summed E-state index contributed by atoms with van der Waals surface area (Å²) >= 11 is 0. The van der Waals surface area contributed by atoms with Gasteiger partial charge in [-0.3, -0.25) is 9.59 Å². The van der Waals surface area contributed by atoms with Gasteiger partial charge >= 0.3 is 5.97 Å². The number of hydrogen-bond donors (Lipinski definition) is 1. The molecule has 0 aromatic heterocycles. The molecule has 2 saturated heterocycles. The van der Waals surface area contributed by atoms with Crippen LogP contribution >= 0.6 is 0 Å². The third-order valence-electron chi connectivity index (χ3n) is 3.85. The first-order valence-electron chi connectivity index (χ1n) is 7.38. The molecule has 6 heteroatoms. The standard InChI is InChI=1S/C14H23NO5/c16-13(5-4-11-3-1-2-7-19-11)15-6-8-20-12(10-15)9-14(17)18/h11-12H,1-10H2,(H,17,18). The van der Waals surface area contributed by atoms with Crippen molar-refractivity contribution in [2.45, 2.75) is 50.7 Å². The van der Waals surface area contributed by atoms with Crippen molar-refractivity contribution < 1.29 is 24.2 Å². The third kappa shape index (κ3) is 4.76. The fourth-order valence-electron chi connectivity index (χ4n) is 2.74. The maximum atomic E-state index is 12.1. The normalized spacial score (nSPS) is 27.3. The molecule has 0 radical (unpaired) electrons. The van der Waals surface area contributed by atoms with Crippen LogP contribution in [0.3, 0.4) is 0 Å². The van der Waals surface area contributed by atoms with Gasteiger partial charge in [0.1, 0.15) is 0 Å². The molecule has 0 bridgehead atoms. The maximum Gasteiger partial charge on any atom is 0.306 e. The number of carboxylic acid groups (broad SMARTS) is 1. The molecule has 0 aromatic carbocycles. The van der Waals surface area contributed by atoms with Crippen molar-refractivity contribution in [3.05, 3.63) is 0 Å². The topological polar surface area (TPSA) is 76.1 Å². The molecule has 2 aliphatic heterocycles. The Balaban J connectivity index is 1.72. The first-order valence-corrected chi connectivity index (χ1v) is 7.38. The monoisotopic (exact) mass is 285 g/mol. The van der Waals surface area contributed by atoms with Gasteiger partial charge < -0.3 is 19.5 Å². The second-order valence-electron chi connectivity index (χ2n) is 5.46. The summed E-state index contributed by atoms with van der Waals surface area (Å²) in [4.78, 5) is 24.5. The molecule has 6 nitrogen and oxygen atoms in total. The van der Waals surface area contributed by atoms with Crippen LogP contribution in [0.4, 0.5) is 0 Å². The molecule has 2 fully saturated rings. The van der Waals surface area contributed by atoms with Crippen LogP contribution in [0.5, 0.6) is 0 Å². The van der Waals surface area contributed by atoms with Gasteiger partial charge in [-0.25, -0.2) is 0 Å². The van der Waals surface area contributed by atoms with Crippen LogP contribution in [0.25, 0.3) is 0 Å². The molecule has 2 heterocycles. The molecule has 2 atom stereocenters. The number of amides is 1. The summed E-state index contributed by atoms with van der Waals surface area (Å²) < 4.78 is 11.0. The summed E-state index contributed by atoms with van der Waals surface area (Å²) in [6.45, 7) is 2.16. The largest absolute Gasteiger partial charge is 0.481 e. The first-order chi connectivity index (χ1) is 9.65. The molecule has 2 unspecified atom stereocenters. The van der Waals surface area contributed by atoms with Crippen molar-refractivity contribution in [3.63, 3.8) is 0 Å². The summed E-state index contributed by atoms with van der Waals surface area (Å²) in [5.74, 6) is -0.808. The summed E-state index contributed by atoms with van der Waals surface area (Å²) in [6.07, 6.45) is 4.36. The number of hydrogen-bond acceptors (Lipinski definition) is 4. The van der Waals surface area contributed by atoms with Crippen LogP contribution in [-0.4, -0.2) is 60.4 Å². The van der Waals surface area contributed by atoms with E-state index in [1.807, 2.05) is 0 Å². The first kappa shape index (κ1) is 15.3. The Morgan fingerprint density at radius 1 is 1.15 bits per heavy atom. The number of morpholine rings is 1. The minimum Gasteiger partial charge on any atom is -0.481 e. The lowest BCUT2D eigenvalue weighted by Gasteiger charge is -2.33. The highest BCUT2D eigenvalue weighted by Crippen LogP contribution is 2.18. The molecule has 2 rings (SSSR count). The van der Waals surface area contributed by atoms with Crippen LogP contribution in [0.2, 0.25) is 0 Å². The second-order valence-corrected chi connectivity index (χ2v) is 5.46. The smallest absolute Gasteiger partial charge is 0.306 e. The van der Waals surface area contributed by atoms with Gasteiger partial charge in [-0.15, -0.1) is 0 Å². The highest BCUT2D eigenvalue weighted by Gasteiger charge is 2.26. The zero-order chi connectivity index (χ0) is 14.4. The molecule has 114 valence electrons. The number of rotatable bonds is 5. The number of nitrogens with zero attached hydrogens (tertiary/aromatic N) is 1. The van der Waals surface area contributed by atoms with E-state index in [0.29, 0.717) is 26.1 Å². The molecule has 0 spiro atoms. The molecular formula is C14H23NO5. The summed E-state index contributed by atoms with van der Waals surface area (Å²) in [5, 5.41) is 8.76. The average Bonchev–Trinajstić information content (AvgIpc) is 2.45. The zero-order valence-electron chi connectivity index (χ0n) is 11.8. The molecule has 1 amide bonds. The molecular weight excluding hydrogens is 262 g/mol. The lowest BCUT2D eigenvalue weighted by atomic mass is 10.0. The lowest BCUT2D eigenvalue weighted by Crippen LogP contribution is -2.46. The summed E-state index contributed by atoms with van der Waals surface area (Å²) in [7, 11) is 0. The molecule has 0 aliphatic carbocycles. The van der Waals surface area contributed by atoms with E-state index in [-0.39, 0.29) is 24.5 Å². The Morgan fingerprint density at radius 2 is 1.95 bits per heavy atom. The molecule has 0 aromatic rings. The molecule has 2 aliphatic rings. The van der Waals surface area contributed by atoms with Gasteiger partial charge in [-0.2, -0.15) is 0 Å². The Bertz CT molecular complexity index is 340. The average molecular weight is 285 g/mol. The highest BCUT2D eigenvalue weighted by molar-refractivity contribution is 5.76. The Labute approximate surface area is 119 Å². The van der Waals surface area contributed by atoms with Crippen molar-refractivity contribution in [3.8, 4) is 0 Å². The van der Waals surface area contributed by atoms with Crippen LogP contribution in [0, 0.1) is 0 Å². The predicted molar refractivity (Wildman–Crippen MR) is 71.4 cm³/mol. The van der Waals surface area contributed by atoms with E-state index in [1.165, 1.54) is 6.42 Å². The molecule has 1 N–H and O–H groups in total. The zero-order valence-corrected chi connectivity index (χ0v) is 11.8. The van der Waals surface area contributed by atoms with Gasteiger partial charge in [0.2, 0.25) is 5.91 Å². The number of aliphatic carboxylic acids is 1. The Kier molecular flexibility index (Phi) is 5.79. The fraction of sp³-hybridized carbons (Fsp3) is 0.857. The van der Waals surface area contributed by atoms with Crippen LogP contribution in [-0.2, 0) is 19.1 Å². The van der Waals surface area contributed by atoms with Crippen LogP contribution < -0.4 is 0 Å². The minimum atomic E-state index is -0.889. The van der Waals surface area contributed by atoms with Crippen molar-refractivity contribution in [2.75, 3.05) is 26.3 Å². The van der Waals surface area contributed by atoms with Gasteiger partial charge in [-0.05, 0) is 25.7 Å². The summed E-state index contributed by atoms with van der Waals surface area (Å²) in [6, 6.07) is 0. The Morgan fingerprint density at radius 3 is 2.65 bits per heavy atom. The van der Waals surface area contributed by atoms with Gasteiger partial charge in [0, 0.05) is 26.1 Å². The molecule has 20 heavy (non-hydrogen) atoms. The lowest BCUT2D eigenvalue weighted by molar-refractivity contribution is -0.148. The number of ether oxygens (including phenoxy) is 2. The minimum absolute atomic E-state index is 0.0461. The van der Waals surface area contributed by atoms with Gasteiger partial charge in [0.05, 0.1) is 25.2 Å². The van der Waals surface area contributed by atoms with Crippen molar-refractivity contribution in [1.82, 2.24) is 4.90 Å². The van der Waals surface area contributed by atoms with E-state index in [1.54, 1.807) is 4.90 Å². The van der Waals surface area contributed by atoms with E-state index < -0.39 is 5.97 Å². The third-order valence-corrected chi connectivity index (χ3v) is 3.85. The number of carbonyl (C=O) groups is 2. The van der Waals surface area contributed by atoms with E-state index in [2.05, 4.69) is 0 Å².